The van der Waals surface area contributed by atoms with Crippen molar-refractivity contribution < 1.29 is 15.0 Å². The van der Waals surface area contributed by atoms with Crippen molar-refractivity contribution in [1.29, 1.82) is 0 Å². The largest absolute Gasteiger partial charge is 0.499 e. The van der Waals surface area contributed by atoms with Crippen molar-refractivity contribution in [1.82, 2.24) is 9.78 Å². The maximum atomic E-state index is 11.1. The lowest BCUT2D eigenvalue weighted by Crippen LogP contribution is -2.07. The van der Waals surface area contributed by atoms with Gasteiger partial charge in [-0.2, -0.15) is 5.10 Å². The summed E-state index contributed by atoms with van der Waals surface area (Å²) >= 11 is 0.929. The normalized spacial score (nSPS) is 13.2. The number of fused-ring (bicyclic) bond motifs is 3. The lowest BCUT2D eigenvalue weighted by atomic mass is 9.92. The molecule has 2 N–H and O–H groups in total. The van der Waals surface area contributed by atoms with E-state index in [0.717, 1.165) is 34.6 Å². The van der Waals surface area contributed by atoms with Gasteiger partial charge in [-0.05, 0) is 24.0 Å². The van der Waals surface area contributed by atoms with Crippen LogP contribution in [0.4, 0.5) is 0 Å². The minimum atomic E-state index is -0.975. The van der Waals surface area contributed by atoms with E-state index < -0.39 is 5.97 Å². The van der Waals surface area contributed by atoms with Gasteiger partial charge in [-0.15, -0.1) is 0 Å². The summed E-state index contributed by atoms with van der Waals surface area (Å²) in [7, 11) is 1.80. The summed E-state index contributed by atoms with van der Waals surface area (Å²) in [5, 5.41) is 23.3. The predicted octanol–water partition coefficient (Wildman–Crippen LogP) is 1.65. The van der Waals surface area contributed by atoms with Crippen molar-refractivity contribution in [2.45, 2.75) is 12.8 Å². The fourth-order valence-electron chi connectivity index (χ4n) is 2.36. The summed E-state index contributed by atoms with van der Waals surface area (Å²) in [5.74, 6) is -0.975. The van der Waals surface area contributed by atoms with Crippen molar-refractivity contribution in [2.75, 3.05) is 0 Å². The molecule has 0 saturated carbocycles. The Labute approximate surface area is 101 Å². The molecule has 2 heterocycles. The number of aromatic hydroxyl groups is 1. The zero-order chi connectivity index (χ0) is 12.2. The van der Waals surface area contributed by atoms with Gasteiger partial charge in [0.05, 0.1) is 17.5 Å². The highest BCUT2D eigenvalue weighted by atomic mass is 32.1. The quantitative estimate of drug-likeness (QED) is 0.807. The summed E-state index contributed by atoms with van der Waals surface area (Å²) in [6.07, 6.45) is 3.19. The highest BCUT2D eigenvalue weighted by molar-refractivity contribution is 7.16. The molecule has 6 heteroatoms. The number of aromatic carboxylic acids is 1. The van der Waals surface area contributed by atoms with Crippen LogP contribution in [0.25, 0.3) is 11.3 Å². The molecule has 2 aromatic rings. The molecule has 0 aromatic carbocycles. The van der Waals surface area contributed by atoms with Crippen LogP contribution in [0.5, 0.6) is 5.06 Å². The number of thiophene rings is 1. The van der Waals surface area contributed by atoms with E-state index in [9.17, 15) is 9.90 Å². The topological polar surface area (TPSA) is 75.3 Å². The Hall–Kier alpha value is -1.82. The first kappa shape index (κ1) is 10.3. The third-order valence-corrected chi connectivity index (χ3v) is 4.10. The van der Waals surface area contributed by atoms with Crippen LogP contribution in [-0.4, -0.2) is 26.0 Å². The van der Waals surface area contributed by atoms with Gasteiger partial charge >= 0.3 is 5.97 Å². The Balaban J connectivity index is 2.33. The van der Waals surface area contributed by atoms with E-state index >= 15 is 0 Å². The summed E-state index contributed by atoms with van der Waals surface area (Å²) in [6, 6.07) is 0. The standard InChI is InChI=1S/C11H10N2O3S/c1-13-8-5(4-12-13)2-3-6-7(8)11(16)17-9(6)10(14)15/h4,16H,2-3H2,1H3,(H,14,15). The molecule has 3 rings (SSSR count). The molecule has 0 aliphatic heterocycles. The molecule has 0 radical (unpaired) electrons. The molecule has 0 atom stereocenters. The van der Waals surface area contributed by atoms with Crippen molar-refractivity contribution in [3.05, 3.63) is 22.2 Å². The van der Waals surface area contributed by atoms with Gasteiger partial charge in [-0.3, -0.25) is 4.68 Å². The van der Waals surface area contributed by atoms with Gasteiger partial charge in [0.1, 0.15) is 4.88 Å². The molecule has 0 bridgehead atoms. The van der Waals surface area contributed by atoms with E-state index in [-0.39, 0.29) is 9.94 Å². The van der Waals surface area contributed by atoms with E-state index in [4.69, 9.17) is 5.11 Å². The van der Waals surface area contributed by atoms with Crippen LogP contribution in [-0.2, 0) is 19.9 Å². The monoisotopic (exact) mass is 250 g/mol. The second kappa shape index (κ2) is 3.33. The van der Waals surface area contributed by atoms with Crippen molar-refractivity contribution in [2.24, 2.45) is 7.05 Å². The molecule has 17 heavy (non-hydrogen) atoms. The molecule has 0 fully saturated rings. The van der Waals surface area contributed by atoms with Crippen LogP contribution in [0.1, 0.15) is 20.8 Å². The highest BCUT2D eigenvalue weighted by Crippen LogP contribution is 2.46. The van der Waals surface area contributed by atoms with Crippen LogP contribution in [0, 0.1) is 0 Å². The number of hydrogen-bond acceptors (Lipinski definition) is 4. The zero-order valence-electron chi connectivity index (χ0n) is 9.10. The fraction of sp³-hybridized carbons (Fsp3) is 0.273. The number of nitrogens with zero attached hydrogens (tertiary/aromatic N) is 2. The third-order valence-electron chi connectivity index (χ3n) is 3.08. The number of aromatic nitrogens is 2. The lowest BCUT2D eigenvalue weighted by molar-refractivity contribution is 0.0701. The first-order valence-corrected chi connectivity index (χ1v) is 6.00. The Morgan fingerprint density at radius 3 is 3.00 bits per heavy atom. The minimum Gasteiger partial charge on any atom is -0.499 e. The van der Waals surface area contributed by atoms with E-state index in [1.807, 2.05) is 0 Å². The molecular weight excluding hydrogens is 240 g/mol. The summed E-state index contributed by atoms with van der Waals surface area (Å²) in [5.41, 5.74) is 3.28. The molecule has 5 nitrogen and oxygen atoms in total. The molecule has 0 unspecified atom stereocenters. The Bertz CT molecular complexity index is 627. The average molecular weight is 250 g/mol. The van der Waals surface area contributed by atoms with Crippen LogP contribution >= 0.6 is 11.3 Å². The number of rotatable bonds is 1. The number of hydrogen-bond donors (Lipinski definition) is 2. The van der Waals surface area contributed by atoms with Crippen LogP contribution in [0.3, 0.4) is 0 Å². The highest BCUT2D eigenvalue weighted by Gasteiger charge is 2.30. The maximum absolute atomic E-state index is 11.1. The Kier molecular flexibility index (Phi) is 2.03. The SMILES string of the molecule is Cn1ncc2c1-c1c(O)sc(C(=O)O)c1CC2. The summed E-state index contributed by atoms with van der Waals surface area (Å²) in [6.45, 7) is 0. The van der Waals surface area contributed by atoms with Gasteiger partial charge in [0.15, 0.2) is 5.06 Å². The van der Waals surface area contributed by atoms with Gasteiger partial charge in [0.2, 0.25) is 0 Å². The van der Waals surface area contributed by atoms with Crippen molar-refractivity contribution >= 4 is 17.3 Å². The smallest absolute Gasteiger partial charge is 0.346 e. The summed E-state index contributed by atoms with van der Waals surface area (Å²) in [4.78, 5) is 11.3. The van der Waals surface area contributed by atoms with Gasteiger partial charge in [0, 0.05) is 7.05 Å². The van der Waals surface area contributed by atoms with Crippen molar-refractivity contribution in [3.8, 4) is 16.3 Å². The second-order valence-corrected chi connectivity index (χ2v) is 5.04. The van der Waals surface area contributed by atoms with Crippen LogP contribution in [0.15, 0.2) is 6.20 Å². The molecule has 0 amide bonds. The van der Waals surface area contributed by atoms with Crippen LogP contribution < -0.4 is 0 Å². The average Bonchev–Trinajstić information content (AvgIpc) is 2.81. The number of aryl methyl sites for hydroxylation is 2. The summed E-state index contributed by atoms with van der Waals surface area (Å²) < 4.78 is 1.69. The van der Waals surface area contributed by atoms with Crippen molar-refractivity contribution in [3.63, 3.8) is 0 Å². The third kappa shape index (κ3) is 1.30. The number of carbonyl (C=O) groups is 1. The van der Waals surface area contributed by atoms with Gasteiger partial charge in [0.25, 0.3) is 0 Å². The second-order valence-electron chi connectivity index (χ2n) is 4.04. The van der Waals surface area contributed by atoms with E-state index in [1.54, 1.807) is 17.9 Å². The van der Waals surface area contributed by atoms with E-state index in [2.05, 4.69) is 5.10 Å². The molecule has 0 spiro atoms. The lowest BCUT2D eigenvalue weighted by Gasteiger charge is -2.14. The molecule has 88 valence electrons. The van der Waals surface area contributed by atoms with E-state index in [1.165, 1.54) is 0 Å². The first-order valence-electron chi connectivity index (χ1n) is 5.18. The minimum absolute atomic E-state index is 0.0713. The molecule has 1 aliphatic rings. The molecule has 0 saturated heterocycles. The van der Waals surface area contributed by atoms with Gasteiger partial charge < -0.3 is 10.2 Å². The zero-order valence-corrected chi connectivity index (χ0v) is 9.91. The van der Waals surface area contributed by atoms with Crippen LogP contribution in [0.2, 0.25) is 0 Å². The number of carboxylic acid groups (broad SMARTS) is 1. The Morgan fingerprint density at radius 2 is 2.29 bits per heavy atom. The van der Waals surface area contributed by atoms with E-state index in [0.29, 0.717) is 12.0 Å². The maximum Gasteiger partial charge on any atom is 0.346 e. The van der Waals surface area contributed by atoms with Gasteiger partial charge in [-0.25, -0.2) is 4.79 Å². The fourth-order valence-corrected chi connectivity index (χ4v) is 3.29. The molecule has 1 aliphatic carbocycles. The molecule has 2 aromatic heterocycles. The van der Waals surface area contributed by atoms with Gasteiger partial charge in [-0.1, -0.05) is 11.3 Å². The molecular formula is C11H10N2O3S. The predicted molar refractivity (Wildman–Crippen MR) is 62.6 cm³/mol. The first-order chi connectivity index (χ1) is 8.09. The number of carboxylic acids is 1. The Morgan fingerprint density at radius 1 is 1.53 bits per heavy atom.